The first kappa shape index (κ1) is 28.4. The second-order valence-electron chi connectivity index (χ2n) is 9.61. The number of ether oxygens (including phenoxy) is 1. The zero-order chi connectivity index (χ0) is 26.0. The minimum atomic E-state index is -0.574. The monoisotopic (exact) mass is 536 g/mol. The highest BCUT2D eigenvalue weighted by Crippen LogP contribution is 2.43. The molecule has 0 unspecified atom stereocenters. The number of anilines is 2. The average Bonchev–Trinajstić information content (AvgIpc) is 2.87. The van der Waals surface area contributed by atoms with E-state index in [2.05, 4.69) is 27.5 Å². The number of allylic oxidation sites excluding steroid dienone is 3. The van der Waals surface area contributed by atoms with Gasteiger partial charge in [-0.1, -0.05) is 11.9 Å². The molecule has 0 radical (unpaired) electrons. The molecule has 0 aliphatic carbocycles. The molecule has 2 amide bonds. The Morgan fingerprint density at radius 2 is 2.00 bits per heavy atom. The maximum absolute atomic E-state index is 13.3. The van der Waals surface area contributed by atoms with Crippen LogP contribution in [0.1, 0.15) is 30.1 Å². The molecule has 0 atom stereocenters. The smallest absolute Gasteiger partial charge is 0.257 e. The lowest BCUT2D eigenvalue weighted by molar-refractivity contribution is -0.118. The van der Waals surface area contributed by atoms with Crippen LogP contribution in [0, 0.1) is 0 Å². The van der Waals surface area contributed by atoms with Crippen molar-refractivity contribution in [1.29, 1.82) is 0 Å². The third-order valence-electron chi connectivity index (χ3n) is 6.44. The average molecular weight is 537 g/mol. The molecule has 2 aliphatic heterocycles. The van der Waals surface area contributed by atoms with E-state index in [9.17, 15) is 9.59 Å². The highest BCUT2D eigenvalue weighted by atomic mass is 32.3. The molecule has 10 heteroatoms. The Balaban J connectivity index is 1.71. The molecular formula is C26H40N4O4S2. The summed E-state index contributed by atoms with van der Waals surface area (Å²) in [5, 5.41) is 12.1. The molecule has 2 fully saturated rings. The van der Waals surface area contributed by atoms with Crippen molar-refractivity contribution in [3.05, 3.63) is 47.8 Å². The second kappa shape index (κ2) is 14.0. The van der Waals surface area contributed by atoms with Crippen molar-refractivity contribution in [3.63, 3.8) is 0 Å². The molecule has 2 heterocycles. The molecule has 3 N–H and O–H groups in total. The first-order valence-corrected chi connectivity index (χ1v) is 16.1. The summed E-state index contributed by atoms with van der Waals surface area (Å²) in [6.07, 6.45) is 12.6. The number of hydrogen-bond acceptors (Lipinski definition) is 7. The van der Waals surface area contributed by atoms with Crippen LogP contribution in [0.3, 0.4) is 0 Å². The van der Waals surface area contributed by atoms with Gasteiger partial charge in [0.05, 0.1) is 17.9 Å². The summed E-state index contributed by atoms with van der Waals surface area (Å²) < 4.78 is 8.64. The summed E-state index contributed by atoms with van der Waals surface area (Å²) in [4.78, 5) is 28.8. The topological polar surface area (TPSA) is 94.1 Å². The molecule has 36 heavy (non-hydrogen) atoms. The van der Waals surface area contributed by atoms with Crippen LogP contribution in [0.25, 0.3) is 0 Å². The van der Waals surface area contributed by atoms with Gasteiger partial charge < -0.3 is 29.7 Å². The van der Waals surface area contributed by atoms with E-state index in [1.807, 2.05) is 31.2 Å². The van der Waals surface area contributed by atoms with Gasteiger partial charge in [-0.05, 0) is 74.1 Å². The first-order valence-electron chi connectivity index (χ1n) is 12.4. The molecule has 1 aromatic rings. The quantitative estimate of drug-likeness (QED) is 0.173. The molecule has 0 bridgehead atoms. The predicted octanol–water partition coefficient (Wildman–Crippen LogP) is 3.41. The Morgan fingerprint density at radius 1 is 1.28 bits per heavy atom. The maximum atomic E-state index is 13.3. The Hall–Kier alpha value is -2.14. The van der Waals surface area contributed by atoms with E-state index < -0.39 is 10.0 Å². The van der Waals surface area contributed by atoms with E-state index in [1.165, 1.54) is 11.9 Å². The number of amides is 2. The molecule has 3 rings (SSSR count). The van der Waals surface area contributed by atoms with E-state index in [-0.39, 0.29) is 18.6 Å². The van der Waals surface area contributed by atoms with Crippen molar-refractivity contribution in [3.8, 4) is 0 Å². The Labute approximate surface area is 221 Å². The molecule has 2 aliphatic rings. The normalized spacial score (nSPS) is 19.7. The lowest BCUT2D eigenvalue weighted by Gasteiger charge is -2.42. The number of aliphatic hydroxyl groups excluding tert-OH is 1. The summed E-state index contributed by atoms with van der Waals surface area (Å²) in [7, 11) is -0.574. The van der Waals surface area contributed by atoms with Crippen molar-refractivity contribution in [2.45, 2.75) is 25.8 Å². The molecule has 1 aromatic carbocycles. The van der Waals surface area contributed by atoms with Gasteiger partial charge in [0.25, 0.3) is 5.91 Å². The van der Waals surface area contributed by atoms with Gasteiger partial charge in [-0.2, -0.15) is 0 Å². The fourth-order valence-corrected chi connectivity index (χ4v) is 6.32. The number of benzene rings is 1. The summed E-state index contributed by atoms with van der Waals surface area (Å²) in [6.45, 7) is 5.15. The first-order chi connectivity index (χ1) is 17.3. The zero-order valence-corrected chi connectivity index (χ0v) is 23.2. The third kappa shape index (κ3) is 8.47. The molecule has 8 nitrogen and oxygen atoms in total. The maximum Gasteiger partial charge on any atom is 0.257 e. The standard InChI is InChI=1S/C26H40N4O4S2/c1-21(5-4-10-30(20-32)23-8-14-34-15-9-23)27-26(33)24-7-6-22(28-35-16-13-31)19-25(24)29-11-17-36(2,3)18-12-29/h4-7,10,19-20,23,28,31H,8-9,11-18H2,1-3H3,(H,27,33)/b10-4-,21-5+. The number of aliphatic hydroxyl groups is 1. The lowest BCUT2D eigenvalue weighted by atomic mass is 10.1. The van der Waals surface area contributed by atoms with Crippen LogP contribution >= 0.6 is 22.0 Å². The number of carbonyl (C=O) groups is 2. The van der Waals surface area contributed by atoms with Gasteiger partial charge in [0.2, 0.25) is 6.41 Å². The van der Waals surface area contributed by atoms with Gasteiger partial charge in [-0.25, -0.2) is 10.0 Å². The van der Waals surface area contributed by atoms with Crippen LogP contribution in [0.2, 0.25) is 0 Å². The molecule has 200 valence electrons. The Morgan fingerprint density at radius 3 is 2.67 bits per heavy atom. The summed E-state index contributed by atoms with van der Waals surface area (Å²) in [6, 6.07) is 5.94. The fraction of sp³-hybridized carbons (Fsp3) is 0.538. The van der Waals surface area contributed by atoms with Crippen molar-refractivity contribution in [2.24, 2.45) is 0 Å². The van der Waals surface area contributed by atoms with Crippen LogP contribution in [-0.4, -0.2) is 91.0 Å². The Kier molecular flexibility index (Phi) is 11.0. The largest absolute Gasteiger partial charge is 0.395 e. The van der Waals surface area contributed by atoms with Gasteiger partial charge in [-0.3, -0.25) is 9.59 Å². The van der Waals surface area contributed by atoms with Crippen molar-refractivity contribution < 1.29 is 19.4 Å². The van der Waals surface area contributed by atoms with Gasteiger partial charge in [0.15, 0.2) is 0 Å². The van der Waals surface area contributed by atoms with E-state index in [0.29, 0.717) is 30.2 Å². The number of nitrogens with one attached hydrogen (secondary N) is 2. The molecule has 2 saturated heterocycles. The zero-order valence-electron chi connectivity index (χ0n) is 21.6. The number of hydrogen-bond donors (Lipinski definition) is 3. The van der Waals surface area contributed by atoms with E-state index in [1.54, 1.807) is 17.2 Å². The highest BCUT2D eigenvalue weighted by Gasteiger charge is 2.25. The van der Waals surface area contributed by atoms with E-state index >= 15 is 0 Å². The van der Waals surface area contributed by atoms with Gasteiger partial charge in [-0.15, -0.1) is 0 Å². The van der Waals surface area contributed by atoms with Crippen molar-refractivity contribution in [1.82, 2.24) is 10.2 Å². The molecule has 0 aromatic heterocycles. The van der Waals surface area contributed by atoms with Gasteiger partial charge >= 0.3 is 0 Å². The second-order valence-corrected chi connectivity index (χ2v) is 14.9. The summed E-state index contributed by atoms with van der Waals surface area (Å²) in [5.41, 5.74) is 3.17. The SMILES string of the molecule is C/C(=C\C=C/N(C=O)C1CCOCC1)NC(=O)c1ccc(NSCCO)cc1N1CCS(C)(C)CC1. The van der Waals surface area contributed by atoms with Gasteiger partial charge in [0, 0.05) is 55.7 Å². The van der Waals surface area contributed by atoms with Crippen LogP contribution in [0.4, 0.5) is 11.4 Å². The van der Waals surface area contributed by atoms with Gasteiger partial charge in [0.1, 0.15) is 0 Å². The minimum Gasteiger partial charge on any atom is -0.395 e. The highest BCUT2D eigenvalue weighted by molar-refractivity contribution is 8.32. The van der Waals surface area contributed by atoms with Crippen LogP contribution in [0.15, 0.2) is 42.2 Å². The number of carbonyl (C=O) groups excluding carboxylic acids is 2. The van der Waals surface area contributed by atoms with E-state index in [4.69, 9.17) is 9.84 Å². The van der Waals surface area contributed by atoms with E-state index in [0.717, 1.165) is 55.2 Å². The number of nitrogens with zero attached hydrogens (tertiary/aromatic N) is 2. The molecular weight excluding hydrogens is 496 g/mol. The van der Waals surface area contributed by atoms with Crippen LogP contribution < -0.4 is 14.9 Å². The van der Waals surface area contributed by atoms with Crippen LogP contribution in [-0.2, 0) is 9.53 Å². The van der Waals surface area contributed by atoms with Crippen molar-refractivity contribution >= 4 is 45.7 Å². The van der Waals surface area contributed by atoms with Crippen molar-refractivity contribution in [2.75, 3.05) is 72.3 Å². The van der Waals surface area contributed by atoms with Crippen LogP contribution in [0.5, 0.6) is 0 Å². The summed E-state index contributed by atoms with van der Waals surface area (Å²) in [5.74, 6) is 2.73. The summed E-state index contributed by atoms with van der Waals surface area (Å²) >= 11 is 1.44. The predicted molar refractivity (Wildman–Crippen MR) is 153 cm³/mol. The number of rotatable bonds is 11. The third-order valence-corrected chi connectivity index (χ3v) is 9.79. The molecule has 0 saturated carbocycles. The Bertz CT molecular complexity index is 938. The fourth-order valence-electron chi connectivity index (χ4n) is 4.20. The molecule has 0 spiro atoms. The lowest BCUT2D eigenvalue weighted by Crippen LogP contribution is -2.39. The minimum absolute atomic E-state index is 0.106.